The predicted molar refractivity (Wildman–Crippen MR) is 64.4 cm³/mol. The number of hydrogen-bond acceptors (Lipinski definition) is 5. The number of hydrogen-bond donors (Lipinski definition) is 0. The van der Waals surface area contributed by atoms with Crippen LogP contribution in [0.5, 0.6) is 5.06 Å². The zero-order valence-corrected chi connectivity index (χ0v) is 10.6. The molecular formula is C11H12N2O3S. The molecule has 0 radical (unpaired) electrons. The SMILES string of the molecule is COC(=O)c1cc(-c2ccnn2C)c(OC)s1. The highest BCUT2D eigenvalue weighted by Gasteiger charge is 2.18. The van der Waals surface area contributed by atoms with E-state index >= 15 is 0 Å². The van der Waals surface area contributed by atoms with Gasteiger partial charge in [-0.3, -0.25) is 4.68 Å². The Morgan fingerprint density at radius 3 is 2.76 bits per heavy atom. The largest absolute Gasteiger partial charge is 0.487 e. The van der Waals surface area contributed by atoms with Crippen molar-refractivity contribution in [2.45, 2.75) is 0 Å². The van der Waals surface area contributed by atoms with Crippen molar-refractivity contribution in [2.75, 3.05) is 14.2 Å². The van der Waals surface area contributed by atoms with E-state index in [1.165, 1.54) is 18.4 Å². The third kappa shape index (κ3) is 2.03. The molecule has 0 saturated heterocycles. The first-order valence-electron chi connectivity index (χ1n) is 4.92. The van der Waals surface area contributed by atoms with Crippen LogP contribution in [-0.4, -0.2) is 30.0 Å². The van der Waals surface area contributed by atoms with Gasteiger partial charge in [0.05, 0.1) is 25.5 Å². The maximum atomic E-state index is 11.5. The number of aryl methyl sites for hydroxylation is 1. The fourth-order valence-corrected chi connectivity index (χ4v) is 2.44. The van der Waals surface area contributed by atoms with Gasteiger partial charge in [0.1, 0.15) is 4.88 Å². The van der Waals surface area contributed by atoms with Gasteiger partial charge in [0, 0.05) is 13.2 Å². The number of carbonyl (C=O) groups excluding carboxylic acids is 1. The third-order valence-corrected chi connectivity index (χ3v) is 3.44. The summed E-state index contributed by atoms with van der Waals surface area (Å²) in [6.07, 6.45) is 1.70. The maximum Gasteiger partial charge on any atom is 0.348 e. The van der Waals surface area contributed by atoms with Gasteiger partial charge in [0.25, 0.3) is 0 Å². The van der Waals surface area contributed by atoms with Crippen molar-refractivity contribution in [3.05, 3.63) is 23.2 Å². The average molecular weight is 252 g/mol. The van der Waals surface area contributed by atoms with E-state index in [4.69, 9.17) is 9.47 Å². The van der Waals surface area contributed by atoms with E-state index in [1.54, 1.807) is 24.1 Å². The summed E-state index contributed by atoms with van der Waals surface area (Å²) in [6.45, 7) is 0. The van der Waals surface area contributed by atoms with Crippen LogP contribution in [0.1, 0.15) is 9.67 Å². The van der Waals surface area contributed by atoms with Crippen molar-refractivity contribution < 1.29 is 14.3 Å². The van der Waals surface area contributed by atoms with Crippen molar-refractivity contribution in [1.29, 1.82) is 0 Å². The van der Waals surface area contributed by atoms with Gasteiger partial charge < -0.3 is 9.47 Å². The lowest BCUT2D eigenvalue weighted by atomic mass is 10.2. The first kappa shape index (κ1) is 11.7. The standard InChI is InChI=1S/C11H12N2O3S/c1-13-8(4-5-12-13)7-6-9(10(14)15-2)17-11(7)16-3/h4-6H,1-3H3. The number of thiophene rings is 1. The molecule has 5 nitrogen and oxygen atoms in total. The number of methoxy groups -OCH3 is 2. The van der Waals surface area contributed by atoms with Gasteiger partial charge >= 0.3 is 5.97 Å². The average Bonchev–Trinajstić information content (AvgIpc) is 2.93. The summed E-state index contributed by atoms with van der Waals surface area (Å²) in [6, 6.07) is 3.62. The Kier molecular flexibility index (Phi) is 3.14. The van der Waals surface area contributed by atoms with Crippen LogP contribution in [0, 0.1) is 0 Å². The molecule has 2 aromatic rings. The molecule has 0 aliphatic carbocycles. The van der Waals surface area contributed by atoms with Crippen molar-refractivity contribution in [1.82, 2.24) is 9.78 Å². The van der Waals surface area contributed by atoms with Crippen LogP contribution in [0.2, 0.25) is 0 Å². The molecule has 2 rings (SSSR count). The molecule has 2 heterocycles. The summed E-state index contributed by atoms with van der Waals surface area (Å²) in [5.74, 6) is -0.360. The van der Waals surface area contributed by atoms with E-state index in [0.29, 0.717) is 9.94 Å². The molecule has 0 aromatic carbocycles. The van der Waals surface area contributed by atoms with Gasteiger partial charge in [0.2, 0.25) is 0 Å². The monoisotopic (exact) mass is 252 g/mol. The van der Waals surface area contributed by atoms with Crippen LogP contribution in [0.15, 0.2) is 18.3 Å². The molecule has 0 saturated carbocycles. The lowest BCUT2D eigenvalue weighted by molar-refractivity contribution is 0.0606. The molecule has 0 spiro atoms. The molecule has 0 unspecified atom stereocenters. The molecule has 0 bridgehead atoms. The highest BCUT2D eigenvalue weighted by Crippen LogP contribution is 2.38. The number of aromatic nitrogens is 2. The van der Waals surface area contributed by atoms with E-state index in [1.807, 2.05) is 13.1 Å². The summed E-state index contributed by atoms with van der Waals surface area (Å²) in [5, 5.41) is 4.77. The number of nitrogens with zero attached hydrogens (tertiary/aromatic N) is 2. The van der Waals surface area contributed by atoms with Crippen LogP contribution in [0.25, 0.3) is 11.3 Å². The molecule has 90 valence electrons. The fourth-order valence-electron chi connectivity index (χ4n) is 1.54. The van der Waals surface area contributed by atoms with Crippen LogP contribution < -0.4 is 4.74 Å². The fraction of sp³-hybridized carbons (Fsp3) is 0.273. The van der Waals surface area contributed by atoms with E-state index in [-0.39, 0.29) is 5.97 Å². The summed E-state index contributed by atoms with van der Waals surface area (Å²) < 4.78 is 11.7. The first-order valence-corrected chi connectivity index (χ1v) is 5.73. The first-order chi connectivity index (χ1) is 8.17. The topological polar surface area (TPSA) is 53.3 Å². The minimum atomic E-state index is -0.360. The zero-order chi connectivity index (χ0) is 12.4. The van der Waals surface area contributed by atoms with Crippen LogP contribution in [-0.2, 0) is 11.8 Å². The Morgan fingerprint density at radius 2 is 2.24 bits per heavy atom. The number of esters is 1. The van der Waals surface area contributed by atoms with Crippen molar-refractivity contribution in [2.24, 2.45) is 7.05 Å². The van der Waals surface area contributed by atoms with Crippen LogP contribution in [0.3, 0.4) is 0 Å². The summed E-state index contributed by atoms with van der Waals surface area (Å²) in [5.41, 5.74) is 1.74. The van der Waals surface area contributed by atoms with Crippen LogP contribution >= 0.6 is 11.3 Å². The van der Waals surface area contributed by atoms with Crippen LogP contribution in [0.4, 0.5) is 0 Å². The van der Waals surface area contributed by atoms with Crippen molar-refractivity contribution >= 4 is 17.3 Å². The van der Waals surface area contributed by atoms with Gasteiger partial charge in [0.15, 0.2) is 5.06 Å². The molecule has 6 heteroatoms. The van der Waals surface area contributed by atoms with Gasteiger partial charge in [-0.25, -0.2) is 4.79 Å². The highest BCUT2D eigenvalue weighted by molar-refractivity contribution is 7.16. The van der Waals surface area contributed by atoms with Gasteiger partial charge in [-0.2, -0.15) is 5.10 Å². The smallest absolute Gasteiger partial charge is 0.348 e. The molecule has 0 aliphatic rings. The summed E-state index contributed by atoms with van der Waals surface area (Å²) >= 11 is 1.26. The lowest BCUT2D eigenvalue weighted by Gasteiger charge is -2.01. The van der Waals surface area contributed by atoms with E-state index in [2.05, 4.69) is 5.10 Å². The van der Waals surface area contributed by atoms with E-state index < -0.39 is 0 Å². The maximum absolute atomic E-state index is 11.5. The molecule has 17 heavy (non-hydrogen) atoms. The second-order valence-corrected chi connectivity index (χ2v) is 4.36. The second kappa shape index (κ2) is 4.58. The van der Waals surface area contributed by atoms with Gasteiger partial charge in [-0.05, 0) is 12.1 Å². The Morgan fingerprint density at radius 1 is 1.47 bits per heavy atom. The Balaban J connectivity index is 2.50. The molecule has 0 amide bonds. The van der Waals surface area contributed by atoms with Gasteiger partial charge in [-0.1, -0.05) is 11.3 Å². The highest BCUT2D eigenvalue weighted by atomic mass is 32.1. The van der Waals surface area contributed by atoms with E-state index in [0.717, 1.165) is 11.3 Å². The Hall–Kier alpha value is -1.82. The second-order valence-electron chi connectivity index (χ2n) is 3.35. The predicted octanol–water partition coefficient (Wildman–Crippen LogP) is 1.94. The van der Waals surface area contributed by atoms with E-state index in [9.17, 15) is 4.79 Å². The number of ether oxygens (including phenoxy) is 2. The van der Waals surface area contributed by atoms with Crippen molar-refractivity contribution in [3.63, 3.8) is 0 Å². The molecule has 0 fully saturated rings. The Labute approximate surface area is 103 Å². The molecule has 0 aliphatic heterocycles. The minimum Gasteiger partial charge on any atom is -0.487 e. The molecule has 2 aromatic heterocycles. The summed E-state index contributed by atoms with van der Waals surface area (Å²) in [4.78, 5) is 12.0. The number of carbonyl (C=O) groups is 1. The summed E-state index contributed by atoms with van der Waals surface area (Å²) in [7, 11) is 4.77. The quantitative estimate of drug-likeness (QED) is 0.783. The lowest BCUT2D eigenvalue weighted by Crippen LogP contribution is -1.97. The minimum absolute atomic E-state index is 0.360. The number of rotatable bonds is 3. The van der Waals surface area contributed by atoms with Crippen molar-refractivity contribution in [3.8, 4) is 16.3 Å². The normalized spacial score (nSPS) is 10.3. The third-order valence-electron chi connectivity index (χ3n) is 2.37. The zero-order valence-electron chi connectivity index (χ0n) is 9.76. The molecular weight excluding hydrogens is 240 g/mol. The molecule has 0 N–H and O–H groups in total. The Bertz CT molecular complexity index is 545. The molecule has 0 atom stereocenters. The van der Waals surface area contributed by atoms with Gasteiger partial charge in [-0.15, -0.1) is 0 Å².